The molecule has 0 aliphatic heterocycles. The predicted octanol–water partition coefficient (Wildman–Crippen LogP) is 2.67. The van der Waals surface area contributed by atoms with E-state index in [1.165, 1.54) is 13.8 Å². The molecule has 0 saturated heterocycles. The molecule has 1 heterocycles. The largest absolute Gasteiger partial charge is 0.481 e. The molecule has 2 N–H and O–H groups in total. The molecule has 0 aliphatic carbocycles. The zero-order chi connectivity index (χ0) is 16.4. The van der Waals surface area contributed by atoms with Gasteiger partial charge in [-0.1, -0.05) is 0 Å². The van der Waals surface area contributed by atoms with Gasteiger partial charge in [-0.05, 0) is 19.9 Å². The molecule has 10 heteroatoms. The first-order valence-electron chi connectivity index (χ1n) is 5.64. The van der Waals surface area contributed by atoms with Crippen molar-refractivity contribution in [3.8, 4) is 0 Å². The van der Waals surface area contributed by atoms with Gasteiger partial charge in [-0.15, -0.1) is 0 Å². The molecule has 7 nitrogen and oxygen atoms in total. The number of pyridine rings is 1. The molecular formula is C11H12F3N3O4. The lowest BCUT2D eigenvalue weighted by Gasteiger charge is -2.25. The molecular weight excluding hydrogens is 295 g/mol. The Balaban J connectivity index is 3.24. The number of nitro groups is 1. The first kappa shape index (κ1) is 16.7. The SMILES string of the molecule is CC(C)(CC(=O)O)Nc1cc(C(F)(F)F)ncc1[N+](=O)[O-]. The van der Waals surface area contributed by atoms with Crippen molar-refractivity contribution >= 4 is 17.3 Å². The molecule has 0 fully saturated rings. The van der Waals surface area contributed by atoms with Crippen molar-refractivity contribution in [3.63, 3.8) is 0 Å². The van der Waals surface area contributed by atoms with Crippen LogP contribution in [0.5, 0.6) is 0 Å². The van der Waals surface area contributed by atoms with E-state index in [4.69, 9.17) is 5.11 Å². The standard InChI is InChI=1S/C11H12F3N3O4/c1-10(2,4-9(18)19)16-6-3-8(11(12,13)14)15-5-7(6)17(20)21/h3,5H,4H2,1-2H3,(H,15,16)(H,18,19). The van der Waals surface area contributed by atoms with Crippen LogP contribution in [-0.4, -0.2) is 26.5 Å². The van der Waals surface area contributed by atoms with Crippen molar-refractivity contribution in [1.82, 2.24) is 4.98 Å². The highest BCUT2D eigenvalue weighted by atomic mass is 19.4. The average molecular weight is 307 g/mol. The van der Waals surface area contributed by atoms with E-state index < -0.39 is 46.1 Å². The number of carboxylic acids is 1. The average Bonchev–Trinajstić information content (AvgIpc) is 2.24. The Bertz CT molecular complexity index is 572. The smallest absolute Gasteiger partial charge is 0.433 e. The molecule has 0 spiro atoms. The maximum atomic E-state index is 12.6. The molecule has 0 aliphatic rings. The number of carboxylic acid groups (broad SMARTS) is 1. The molecule has 1 aromatic heterocycles. The third kappa shape index (κ3) is 4.58. The molecule has 116 valence electrons. The van der Waals surface area contributed by atoms with Gasteiger partial charge in [-0.25, -0.2) is 4.98 Å². The van der Waals surface area contributed by atoms with Crippen LogP contribution >= 0.6 is 0 Å². The summed E-state index contributed by atoms with van der Waals surface area (Å²) < 4.78 is 37.8. The number of rotatable bonds is 5. The molecule has 0 atom stereocenters. The van der Waals surface area contributed by atoms with Gasteiger partial charge in [0.15, 0.2) is 0 Å². The fourth-order valence-corrected chi connectivity index (χ4v) is 1.64. The summed E-state index contributed by atoms with van der Waals surface area (Å²) in [5.41, 5.74) is -3.59. The van der Waals surface area contributed by atoms with E-state index in [0.717, 1.165) is 0 Å². The highest BCUT2D eigenvalue weighted by molar-refractivity contribution is 5.70. The minimum Gasteiger partial charge on any atom is -0.481 e. The molecule has 0 saturated carbocycles. The first-order chi connectivity index (χ1) is 9.42. The maximum absolute atomic E-state index is 12.6. The summed E-state index contributed by atoms with van der Waals surface area (Å²) in [6, 6.07) is 0.488. The molecule has 21 heavy (non-hydrogen) atoms. The summed E-state index contributed by atoms with van der Waals surface area (Å²) in [7, 11) is 0. The minimum atomic E-state index is -4.76. The van der Waals surface area contributed by atoms with E-state index in [1.54, 1.807) is 0 Å². The highest BCUT2D eigenvalue weighted by Crippen LogP contribution is 2.34. The number of hydrogen-bond acceptors (Lipinski definition) is 5. The van der Waals surface area contributed by atoms with Crippen LogP contribution in [0.1, 0.15) is 26.0 Å². The maximum Gasteiger partial charge on any atom is 0.433 e. The topological polar surface area (TPSA) is 105 Å². The summed E-state index contributed by atoms with van der Waals surface area (Å²) in [5, 5.41) is 22.0. The van der Waals surface area contributed by atoms with Crippen molar-refractivity contribution < 1.29 is 28.0 Å². The summed E-state index contributed by atoms with van der Waals surface area (Å²) >= 11 is 0. The first-order valence-corrected chi connectivity index (χ1v) is 5.64. The van der Waals surface area contributed by atoms with E-state index in [1.807, 2.05) is 0 Å². The van der Waals surface area contributed by atoms with E-state index in [-0.39, 0.29) is 0 Å². The van der Waals surface area contributed by atoms with Crippen LogP contribution in [0, 0.1) is 10.1 Å². The third-order valence-electron chi connectivity index (χ3n) is 2.44. The third-order valence-corrected chi connectivity index (χ3v) is 2.44. The van der Waals surface area contributed by atoms with Crippen LogP contribution in [0.2, 0.25) is 0 Å². The molecule has 0 bridgehead atoms. The second-order valence-electron chi connectivity index (χ2n) is 4.92. The Morgan fingerprint density at radius 2 is 2.05 bits per heavy atom. The Morgan fingerprint density at radius 1 is 1.48 bits per heavy atom. The van der Waals surface area contributed by atoms with Gasteiger partial charge >= 0.3 is 17.8 Å². The lowest BCUT2D eigenvalue weighted by atomic mass is 10.00. The van der Waals surface area contributed by atoms with Gasteiger partial charge in [-0.3, -0.25) is 14.9 Å². The molecule has 1 rings (SSSR count). The van der Waals surface area contributed by atoms with Gasteiger partial charge in [-0.2, -0.15) is 13.2 Å². The number of carbonyl (C=O) groups is 1. The normalized spacial score (nSPS) is 12.0. The molecule has 0 amide bonds. The zero-order valence-electron chi connectivity index (χ0n) is 11.1. The van der Waals surface area contributed by atoms with Gasteiger partial charge in [0.25, 0.3) is 0 Å². The minimum absolute atomic E-state index is 0.437. The molecule has 0 radical (unpaired) electrons. The summed E-state index contributed by atoms with van der Waals surface area (Å²) in [6.45, 7) is 2.80. The summed E-state index contributed by atoms with van der Waals surface area (Å²) in [5.74, 6) is -1.19. The van der Waals surface area contributed by atoms with Crippen LogP contribution in [0.3, 0.4) is 0 Å². The van der Waals surface area contributed by atoms with E-state index in [9.17, 15) is 28.1 Å². The van der Waals surface area contributed by atoms with Crippen molar-refractivity contribution in [2.45, 2.75) is 32.0 Å². The monoisotopic (exact) mass is 307 g/mol. The van der Waals surface area contributed by atoms with E-state index in [0.29, 0.717) is 12.3 Å². The zero-order valence-corrected chi connectivity index (χ0v) is 11.1. The number of aromatic nitrogens is 1. The molecule has 0 unspecified atom stereocenters. The Morgan fingerprint density at radius 3 is 2.48 bits per heavy atom. The summed E-state index contributed by atoms with van der Waals surface area (Å²) in [6.07, 6.45) is -4.71. The van der Waals surface area contributed by atoms with Gasteiger partial charge in [0.05, 0.1) is 11.3 Å². The lowest BCUT2D eigenvalue weighted by molar-refractivity contribution is -0.384. The van der Waals surface area contributed by atoms with Crippen LogP contribution in [0.15, 0.2) is 12.3 Å². The van der Waals surface area contributed by atoms with Crippen molar-refractivity contribution in [2.24, 2.45) is 0 Å². The number of alkyl halides is 3. The van der Waals surface area contributed by atoms with Gasteiger partial charge in [0.2, 0.25) is 0 Å². The van der Waals surface area contributed by atoms with Gasteiger partial charge in [0, 0.05) is 5.54 Å². The number of nitrogens with zero attached hydrogens (tertiary/aromatic N) is 2. The Kier molecular flexibility index (Phi) is 4.40. The highest BCUT2D eigenvalue weighted by Gasteiger charge is 2.35. The van der Waals surface area contributed by atoms with Gasteiger partial charge in [0.1, 0.15) is 17.6 Å². The number of halogens is 3. The molecule has 0 aromatic carbocycles. The number of nitrogens with one attached hydrogen (secondary N) is 1. The van der Waals surface area contributed by atoms with E-state index >= 15 is 0 Å². The van der Waals surface area contributed by atoms with Crippen molar-refractivity contribution in [1.29, 1.82) is 0 Å². The van der Waals surface area contributed by atoms with Crippen LogP contribution in [0.4, 0.5) is 24.5 Å². The number of aliphatic carboxylic acids is 1. The Labute approximate surface area is 116 Å². The van der Waals surface area contributed by atoms with Crippen molar-refractivity contribution in [2.75, 3.05) is 5.32 Å². The Hall–Kier alpha value is -2.39. The molecule has 1 aromatic rings. The van der Waals surface area contributed by atoms with Crippen LogP contribution in [0.25, 0.3) is 0 Å². The quantitative estimate of drug-likeness (QED) is 0.640. The number of anilines is 1. The summed E-state index contributed by atoms with van der Waals surface area (Å²) in [4.78, 5) is 23.6. The fourth-order valence-electron chi connectivity index (χ4n) is 1.64. The predicted molar refractivity (Wildman–Crippen MR) is 65.8 cm³/mol. The van der Waals surface area contributed by atoms with Crippen molar-refractivity contribution in [3.05, 3.63) is 28.1 Å². The second-order valence-corrected chi connectivity index (χ2v) is 4.92. The second kappa shape index (κ2) is 5.54. The lowest BCUT2D eigenvalue weighted by Crippen LogP contribution is -2.34. The van der Waals surface area contributed by atoms with Gasteiger partial charge < -0.3 is 10.4 Å². The number of hydrogen-bond donors (Lipinski definition) is 2. The van der Waals surface area contributed by atoms with Crippen LogP contribution < -0.4 is 5.32 Å². The van der Waals surface area contributed by atoms with E-state index in [2.05, 4.69) is 10.3 Å². The van der Waals surface area contributed by atoms with Crippen LogP contribution in [-0.2, 0) is 11.0 Å². The fraction of sp³-hybridized carbons (Fsp3) is 0.455.